The molecule has 0 saturated carbocycles. The first-order valence-corrected chi connectivity index (χ1v) is 9.27. The van der Waals surface area contributed by atoms with Crippen molar-refractivity contribution in [1.82, 2.24) is 9.97 Å². The summed E-state index contributed by atoms with van der Waals surface area (Å²) in [7, 11) is 3.30. The van der Waals surface area contributed by atoms with E-state index in [0.29, 0.717) is 5.95 Å². The van der Waals surface area contributed by atoms with Gasteiger partial charge in [0.1, 0.15) is 0 Å². The number of anilines is 2. The number of thioether (sulfide) groups is 1. The Labute approximate surface area is 157 Å². The molecule has 3 aromatic rings. The molecular weight excluding hydrogens is 346 g/mol. The summed E-state index contributed by atoms with van der Waals surface area (Å²) in [5, 5.41) is 3.29. The van der Waals surface area contributed by atoms with Gasteiger partial charge in [-0.2, -0.15) is 0 Å². The number of hydrogen-bond donors (Lipinski definition) is 1. The fourth-order valence-corrected chi connectivity index (χ4v) is 3.46. The van der Waals surface area contributed by atoms with Gasteiger partial charge in [0.25, 0.3) is 0 Å². The van der Waals surface area contributed by atoms with Gasteiger partial charge in [0.2, 0.25) is 5.95 Å². The minimum atomic E-state index is 0.581. The molecule has 0 bridgehead atoms. The molecule has 0 fully saturated rings. The number of para-hydroxylation sites is 1. The molecule has 0 unspecified atom stereocenters. The van der Waals surface area contributed by atoms with Crippen LogP contribution in [0.3, 0.4) is 0 Å². The van der Waals surface area contributed by atoms with E-state index < -0.39 is 0 Å². The predicted octanol–water partition coefficient (Wildman–Crippen LogP) is 5.02. The van der Waals surface area contributed by atoms with Crippen LogP contribution in [0.2, 0.25) is 0 Å². The lowest BCUT2D eigenvalue weighted by atomic mass is 10.0. The second-order valence-corrected chi connectivity index (χ2v) is 6.69. The van der Waals surface area contributed by atoms with E-state index in [-0.39, 0.29) is 0 Å². The minimum absolute atomic E-state index is 0.581. The Hall–Kier alpha value is -2.73. The number of nitrogens with zero attached hydrogens (tertiary/aromatic N) is 2. The quantitative estimate of drug-likeness (QED) is 0.592. The van der Waals surface area contributed by atoms with E-state index in [9.17, 15) is 0 Å². The molecule has 3 rings (SSSR count). The molecule has 2 aromatic carbocycles. The highest BCUT2D eigenvalue weighted by Gasteiger charge is 2.13. The topological polar surface area (TPSA) is 56.3 Å². The molecule has 5 nitrogen and oxygen atoms in total. The molecule has 134 valence electrons. The summed E-state index contributed by atoms with van der Waals surface area (Å²) < 4.78 is 11.0. The summed E-state index contributed by atoms with van der Waals surface area (Å²) in [6.07, 6.45) is 3.44. The molecular formula is C20H21N3O2S. The van der Waals surface area contributed by atoms with Crippen molar-refractivity contribution in [3.63, 3.8) is 0 Å². The summed E-state index contributed by atoms with van der Waals surface area (Å²) in [5.41, 5.74) is 3.04. The van der Waals surface area contributed by atoms with Crippen molar-refractivity contribution in [2.24, 2.45) is 0 Å². The predicted molar refractivity (Wildman–Crippen MR) is 107 cm³/mol. The highest BCUT2D eigenvalue weighted by Crippen LogP contribution is 2.40. The molecule has 0 spiro atoms. The fraction of sp³-hybridized carbons (Fsp3) is 0.200. The van der Waals surface area contributed by atoms with Crippen LogP contribution in [0.15, 0.2) is 59.8 Å². The van der Waals surface area contributed by atoms with Crippen LogP contribution in [0.4, 0.5) is 11.6 Å². The standard InChI is InChI=1S/C20H21N3O2S/c1-4-26-18-13-14(15-7-5-8-17(24-2)19(15)25-3)9-10-16(18)23-20-21-11-6-12-22-20/h5-13H,4H2,1-3H3,(H,21,22,23). The number of benzene rings is 2. The van der Waals surface area contributed by atoms with Crippen LogP contribution in [0, 0.1) is 0 Å². The van der Waals surface area contributed by atoms with E-state index in [1.807, 2.05) is 24.3 Å². The van der Waals surface area contributed by atoms with Gasteiger partial charge in [-0.15, -0.1) is 11.8 Å². The fourth-order valence-electron chi connectivity index (χ4n) is 2.67. The molecule has 6 heteroatoms. The van der Waals surface area contributed by atoms with E-state index >= 15 is 0 Å². The van der Waals surface area contributed by atoms with Gasteiger partial charge < -0.3 is 14.8 Å². The van der Waals surface area contributed by atoms with Crippen molar-refractivity contribution in [2.75, 3.05) is 25.3 Å². The number of rotatable bonds is 7. The summed E-state index contributed by atoms with van der Waals surface area (Å²) in [6, 6.07) is 13.9. The Kier molecular flexibility index (Phi) is 5.96. The average Bonchev–Trinajstić information content (AvgIpc) is 2.69. The van der Waals surface area contributed by atoms with Gasteiger partial charge in [0.15, 0.2) is 11.5 Å². The number of methoxy groups -OCH3 is 2. The average molecular weight is 367 g/mol. The number of aromatic nitrogens is 2. The Bertz CT molecular complexity index is 872. The van der Waals surface area contributed by atoms with Crippen molar-refractivity contribution in [3.8, 4) is 22.6 Å². The third-order valence-corrected chi connectivity index (χ3v) is 4.75. The van der Waals surface area contributed by atoms with Gasteiger partial charge in [-0.3, -0.25) is 0 Å². The van der Waals surface area contributed by atoms with Crippen LogP contribution < -0.4 is 14.8 Å². The zero-order valence-electron chi connectivity index (χ0n) is 15.0. The van der Waals surface area contributed by atoms with Gasteiger partial charge >= 0.3 is 0 Å². The SMILES string of the molecule is CCSc1cc(-c2cccc(OC)c2OC)ccc1Nc1ncccn1. The second kappa shape index (κ2) is 8.58. The van der Waals surface area contributed by atoms with E-state index in [1.165, 1.54) is 0 Å². The molecule has 0 aliphatic carbocycles. The van der Waals surface area contributed by atoms with Gasteiger partial charge in [-0.1, -0.05) is 25.1 Å². The Morgan fingerprint density at radius 3 is 2.50 bits per heavy atom. The highest BCUT2D eigenvalue weighted by molar-refractivity contribution is 7.99. The molecule has 1 heterocycles. The van der Waals surface area contributed by atoms with Crippen molar-refractivity contribution >= 4 is 23.4 Å². The first-order valence-electron chi connectivity index (χ1n) is 8.29. The second-order valence-electron chi connectivity index (χ2n) is 5.38. The van der Waals surface area contributed by atoms with E-state index in [0.717, 1.165) is 39.0 Å². The monoisotopic (exact) mass is 367 g/mol. The smallest absolute Gasteiger partial charge is 0.227 e. The van der Waals surface area contributed by atoms with Gasteiger partial charge in [-0.25, -0.2) is 9.97 Å². The molecule has 0 amide bonds. The third-order valence-electron chi connectivity index (χ3n) is 3.81. The first kappa shape index (κ1) is 18.1. The van der Waals surface area contributed by atoms with Crippen molar-refractivity contribution in [2.45, 2.75) is 11.8 Å². The van der Waals surface area contributed by atoms with Crippen LogP contribution in [-0.4, -0.2) is 29.9 Å². The maximum Gasteiger partial charge on any atom is 0.227 e. The molecule has 1 N–H and O–H groups in total. The largest absolute Gasteiger partial charge is 0.493 e. The van der Waals surface area contributed by atoms with Crippen LogP contribution in [-0.2, 0) is 0 Å². The lowest BCUT2D eigenvalue weighted by Crippen LogP contribution is -1.98. The normalized spacial score (nSPS) is 10.4. The van der Waals surface area contributed by atoms with Crippen molar-refractivity contribution in [3.05, 3.63) is 54.9 Å². The summed E-state index contributed by atoms with van der Waals surface area (Å²) in [5.74, 6) is 2.99. The highest BCUT2D eigenvalue weighted by atomic mass is 32.2. The van der Waals surface area contributed by atoms with Crippen LogP contribution in [0.5, 0.6) is 11.5 Å². The van der Waals surface area contributed by atoms with E-state index in [1.54, 1.807) is 44.4 Å². The minimum Gasteiger partial charge on any atom is -0.493 e. The van der Waals surface area contributed by atoms with Crippen LogP contribution >= 0.6 is 11.8 Å². The Morgan fingerprint density at radius 2 is 1.81 bits per heavy atom. The number of hydrogen-bond acceptors (Lipinski definition) is 6. The van der Waals surface area contributed by atoms with Gasteiger partial charge in [-0.05, 0) is 35.6 Å². The Morgan fingerprint density at radius 1 is 1.00 bits per heavy atom. The van der Waals surface area contributed by atoms with E-state index in [4.69, 9.17) is 9.47 Å². The zero-order chi connectivity index (χ0) is 18.4. The number of ether oxygens (including phenoxy) is 2. The maximum absolute atomic E-state index is 5.58. The van der Waals surface area contributed by atoms with Crippen molar-refractivity contribution < 1.29 is 9.47 Å². The number of nitrogens with one attached hydrogen (secondary N) is 1. The first-order chi connectivity index (χ1) is 12.8. The van der Waals surface area contributed by atoms with E-state index in [2.05, 4.69) is 34.3 Å². The van der Waals surface area contributed by atoms with Gasteiger partial charge in [0, 0.05) is 22.9 Å². The molecule has 1 aromatic heterocycles. The Balaban J connectivity index is 2.01. The zero-order valence-corrected chi connectivity index (χ0v) is 15.8. The molecule has 0 saturated heterocycles. The summed E-state index contributed by atoms with van der Waals surface area (Å²) in [4.78, 5) is 9.60. The molecule has 26 heavy (non-hydrogen) atoms. The van der Waals surface area contributed by atoms with Crippen LogP contribution in [0.1, 0.15) is 6.92 Å². The lowest BCUT2D eigenvalue weighted by molar-refractivity contribution is 0.356. The molecule has 0 atom stereocenters. The summed E-state index contributed by atoms with van der Waals surface area (Å²) in [6.45, 7) is 2.13. The van der Waals surface area contributed by atoms with Gasteiger partial charge in [0.05, 0.1) is 19.9 Å². The summed E-state index contributed by atoms with van der Waals surface area (Å²) >= 11 is 1.76. The third kappa shape index (κ3) is 3.91. The molecule has 0 aliphatic heterocycles. The van der Waals surface area contributed by atoms with Crippen molar-refractivity contribution in [1.29, 1.82) is 0 Å². The maximum atomic E-state index is 5.58. The lowest BCUT2D eigenvalue weighted by Gasteiger charge is -2.15. The van der Waals surface area contributed by atoms with Crippen LogP contribution in [0.25, 0.3) is 11.1 Å². The molecule has 0 radical (unpaired) electrons. The molecule has 0 aliphatic rings.